The van der Waals surface area contributed by atoms with Crippen molar-refractivity contribution in [2.45, 2.75) is 0 Å². The third-order valence-corrected chi connectivity index (χ3v) is 1.11. The Balaban J connectivity index is 0.000000226. The Labute approximate surface area is 80.1 Å². The third kappa shape index (κ3) is 6.83. The minimum atomic E-state index is -0.435. The van der Waals surface area contributed by atoms with Crippen molar-refractivity contribution >= 4 is 23.1 Å². The molecule has 13 heavy (non-hydrogen) atoms. The second kappa shape index (κ2) is 7.12. The summed E-state index contributed by atoms with van der Waals surface area (Å²) in [4.78, 5) is 9.31. The molecule has 0 heterocycles. The number of phenolic OH excluding ortho intramolecular Hbond substituents is 1. The first-order chi connectivity index (χ1) is 6.20. The average Bonchev–Trinajstić information content (AvgIpc) is 2.19. The van der Waals surface area contributed by atoms with E-state index in [-0.39, 0.29) is 6.29 Å². The largest absolute Gasteiger partial charge is 0.508 e. The Kier molecular flexibility index (Phi) is 6.27. The van der Waals surface area contributed by atoms with E-state index >= 15 is 0 Å². The van der Waals surface area contributed by atoms with Gasteiger partial charge in [-0.2, -0.15) is 0 Å². The van der Waals surface area contributed by atoms with Crippen molar-refractivity contribution in [3.8, 4) is 5.75 Å². The van der Waals surface area contributed by atoms with Gasteiger partial charge in [0.05, 0.1) is 0 Å². The van der Waals surface area contributed by atoms with Crippen molar-refractivity contribution in [2.24, 2.45) is 5.16 Å². The molecule has 0 aliphatic heterocycles. The normalized spacial score (nSPS) is 9.77. The Hall–Kier alpha value is -1.55. The van der Waals surface area contributed by atoms with Crippen LogP contribution in [0.1, 0.15) is 0 Å². The number of benzene rings is 1. The van der Waals surface area contributed by atoms with Crippen LogP contribution in [0.2, 0.25) is 0 Å². The van der Waals surface area contributed by atoms with Gasteiger partial charge in [-0.1, -0.05) is 35.0 Å². The van der Waals surface area contributed by atoms with Crippen molar-refractivity contribution in [1.82, 2.24) is 0 Å². The van der Waals surface area contributed by atoms with E-state index in [1.165, 1.54) is 0 Å². The topological polar surface area (TPSA) is 69.9 Å². The smallest absolute Gasteiger partial charge is 0.207 e. The summed E-state index contributed by atoms with van der Waals surface area (Å²) in [6.45, 7) is 0. The maximum absolute atomic E-state index is 9.31. The molecule has 0 aromatic heterocycles. The summed E-state index contributed by atoms with van der Waals surface area (Å²) >= 11 is 4.78. The zero-order chi connectivity index (χ0) is 10.1. The van der Waals surface area contributed by atoms with Crippen LogP contribution in [0, 0.1) is 0 Å². The van der Waals surface area contributed by atoms with Gasteiger partial charge >= 0.3 is 0 Å². The minimum Gasteiger partial charge on any atom is -0.508 e. The van der Waals surface area contributed by atoms with Crippen LogP contribution in [0.4, 0.5) is 0 Å². The van der Waals surface area contributed by atoms with Gasteiger partial charge in [0.1, 0.15) is 5.75 Å². The van der Waals surface area contributed by atoms with Crippen LogP contribution in [-0.4, -0.2) is 21.8 Å². The van der Waals surface area contributed by atoms with Crippen molar-refractivity contribution in [3.63, 3.8) is 0 Å². The summed E-state index contributed by atoms with van der Waals surface area (Å²) in [5.74, 6) is 0.322. The zero-order valence-corrected chi connectivity index (χ0v) is 7.35. The molecule has 1 aromatic carbocycles. The third-order valence-electron chi connectivity index (χ3n) is 0.949. The molecule has 0 unspecified atom stereocenters. The summed E-state index contributed by atoms with van der Waals surface area (Å²) in [5, 5.41) is 18.1. The fourth-order valence-electron chi connectivity index (χ4n) is 0.452. The molecule has 0 fully saturated rings. The molecule has 2 N–H and O–H groups in total. The van der Waals surface area contributed by atoms with Gasteiger partial charge in [0.15, 0.2) is 6.29 Å². The SMILES string of the molecule is O=CC(Cl)=NO.Oc1ccccc1. The molecule has 1 rings (SSSR count). The van der Waals surface area contributed by atoms with Crippen LogP contribution in [0.15, 0.2) is 35.5 Å². The van der Waals surface area contributed by atoms with Crippen LogP contribution in [0.25, 0.3) is 0 Å². The number of hydrogen-bond donors (Lipinski definition) is 2. The second-order valence-corrected chi connectivity index (χ2v) is 2.26. The van der Waals surface area contributed by atoms with Crippen LogP contribution in [0.3, 0.4) is 0 Å². The van der Waals surface area contributed by atoms with Crippen molar-refractivity contribution < 1.29 is 15.1 Å². The number of rotatable bonds is 1. The first-order valence-electron chi connectivity index (χ1n) is 3.27. The number of hydrogen-bond acceptors (Lipinski definition) is 4. The van der Waals surface area contributed by atoms with E-state index < -0.39 is 5.17 Å². The van der Waals surface area contributed by atoms with Gasteiger partial charge in [0, 0.05) is 0 Å². The van der Waals surface area contributed by atoms with Gasteiger partial charge in [-0.25, -0.2) is 0 Å². The molecule has 0 bridgehead atoms. The van der Waals surface area contributed by atoms with E-state index in [2.05, 4.69) is 5.16 Å². The van der Waals surface area contributed by atoms with Crippen LogP contribution >= 0.6 is 11.6 Å². The van der Waals surface area contributed by atoms with E-state index in [1.807, 2.05) is 6.07 Å². The summed E-state index contributed by atoms with van der Waals surface area (Å²) < 4.78 is 0. The van der Waals surface area contributed by atoms with Gasteiger partial charge in [-0.15, -0.1) is 0 Å². The molecule has 0 aliphatic carbocycles. The van der Waals surface area contributed by atoms with Gasteiger partial charge in [-0.05, 0) is 12.1 Å². The highest BCUT2D eigenvalue weighted by molar-refractivity contribution is 6.79. The number of para-hydroxylation sites is 1. The number of phenols is 1. The molecule has 0 aliphatic rings. The summed E-state index contributed by atoms with van der Waals surface area (Å²) in [7, 11) is 0. The predicted molar refractivity (Wildman–Crippen MR) is 49.2 cm³/mol. The molecule has 1 aromatic rings. The van der Waals surface area contributed by atoms with E-state index in [9.17, 15) is 4.79 Å². The van der Waals surface area contributed by atoms with Crippen molar-refractivity contribution in [1.29, 1.82) is 0 Å². The number of carbonyl (C=O) groups excluding carboxylic acids is 1. The fourth-order valence-corrected chi connectivity index (χ4v) is 0.452. The lowest BCUT2D eigenvalue weighted by Gasteiger charge is -1.82. The van der Waals surface area contributed by atoms with Crippen LogP contribution in [-0.2, 0) is 4.79 Å². The molecule has 70 valence electrons. The molecule has 0 atom stereocenters. The second-order valence-electron chi connectivity index (χ2n) is 1.88. The number of aromatic hydroxyl groups is 1. The minimum absolute atomic E-state index is 0.238. The van der Waals surface area contributed by atoms with Crippen molar-refractivity contribution in [3.05, 3.63) is 30.3 Å². The number of oxime groups is 1. The maximum Gasteiger partial charge on any atom is 0.207 e. The quantitative estimate of drug-likeness (QED) is 0.314. The Morgan fingerprint density at radius 1 is 1.38 bits per heavy atom. The standard InChI is InChI=1S/C6H6O.C2H2ClNO2/c7-6-4-2-1-3-5-6;3-2(1-5)4-6/h1-5,7H;1,6H. The van der Waals surface area contributed by atoms with Crippen LogP contribution < -0.4 is 0 Å². The Bertz CT molecular complexity index is 274. The lowest BCUT2D eigenvalue weighted by atomic mass is 10.3. The zero-order valence-electron chi connectivity index (χ0n) is 6.59. The van der Waals surface area contributed by atoms with Gasteiger partial charge in [-0.3, -0.25) is 4.79 Å². The number of halogens is 1. The first-order valence-corrected chi connectivity index (χ1v) is 3.65. The van der Waals surface area contributed by atoms with Crippen molar-refractivity contribution in [2.75, 3.05) is 0 Å². The molecule has 0 spiro atoms. The monoisotopic (exact) mass is 201 g/mol. The lowest BCUT2D eigenvalue weighted by Crippen LogP contribution is -1.83. The number of carbonyl (C=O) groups is 1. The molecule has 4 nitrogen and oxygen atoms in total. The van der Waals surface area contributed by atoms with Crippen LogP contribution in [0.5, 0.6) is 5.75 Å². The molecule has 0 saturated heterocycles. The molecular formula is C8H8ClNO3. The highest BCUT2D eigenvalue weighted by atomic mass is 35.5. The Morgan fingerprint density at radius 3 is 2.08 bits per heavy atom. The highest BCUT2D eigenvalue weighted by Gasteiger charge is 1.81. The van der Waals surface area contributed by atoms with E-state index in [4.69, 9.17) is 21.9 Å². The fraction of sp³-hybridized carbons (Fsp3) is 0. The summed E-state index contributed by atoms with van der Waals surface area (Å²) in [6, 6.07) is 8.71. The lowest BCUT2D eigenvalue weighted by molar-refractivity contribution is -0.102. The number of aldehydes is 1. The van der Waals surface area contributed by atoms with E-state index in [1.54, 1.807) is 24.3 Å². The number of nitrogens with zero attached hydrogens (tertiary/aromatic N) is 1. The molecule has 5 heteroatoms. The summed E-state index contributed by atoms with van der Waals surface area (Å²) in [5.41, 5.74) is 0. The molecular weight excluding hydrogens is 194 g/mol. The average molecular weight is 202 g/mol. The van der Waals surface area contributed by atoms with E-state index in [0.29, 0.717) is 5.75 Å². The molecule has 0 saturated carbocycles. The summed E-state index contributed by atoms with van der Waals surface area (Å²) in [6.07, 6.45) is 0.238. The Morgan fingerprint density at radius 2 is 1.92 bits per heavy atom. The molecule has 0 amide bonds. The first kappa shape index (κ1) is 11.4. The van der Waals surface area contributed by atoms with E-state index in [0.717, 1.165) is 0 Å². The van der Waals surface area contributed by atoms with Gasteiger partial charge in [0.2, 0.25) is 5.17 Å². The maximum atomic E-state index is 9.31. The van der Waals surface area contributed by atoms with Gasteiger partial charge < -0.3 is 10.3 Å². The highest BCUT2D eigenvalue weighted by Crippen LogP contribution is 2.02. The molecule has 0 radical (unpaired) electrons. The predicted octanol–water partition coefficient (Wildman–Crippen LogP) is 1.60. The van der Waals surface area contributed by atoms with Gasteiger partial charge in [0.25, 0.3) is 0 Å².